The van der Waals surface area contributed by atoms with E-state index in [1.807, 2.05) is 6.07 Å². The molecule has 1 unspecified atom stereocenters. The third-order valence-corrected chi connectivity index (χ3v) is 3.75. The highest BCUT2D eigenvalue weighted by molar-refractivity contribution is 6.31. The standard InChI is InChI=1S/C15H15Cl2N/c1-10-3-4-13(11(2)7-10)14(16)8-12-5-6-18-9-15(12)17/h3-7,9,14H,8H2,1-2H3. The molecule has 1 nitrogen and oxygen atoms in total. The smallest absolute Gasteiger partial charge is 0.0628 e. The normalized spacial score (nSPS) is 12.4. The van der Waals surface area contributed by atoms with Crippen LogP contribution in [0, 0.1) is 13.8 Å². The highest BCUT2D eigenvalue weighted by Crippen LogP contribution is 2.30. The number of aryl methyl sites for hydroxylation is 2. The van der Waals surface area contributed by atoms with Gasteiger partial charge < -0.3 is 0 Å². The highest BCUT2D eigenvalue weighted by atomic mass is 35.5. The van der Waals surface area contributed by atoms with Gasteiger partial charge in [-0.15, -0.1) is 11.6 Å². The first-order valence-electron chi connectivity index (χ1n) is 5.87. The summed E-state index contributed by atoms with van der Waals surface area (Å²) >= 11 is 12.6. The van der Waals surface area contributed by atoms with Gasteiger partial charge in [-0.25, -0.2) is 0 Å². The lowest BCUT2D eigenvalue weighted by Gasteiger charge is -2.14. The Labute approximate surface area is 118 Å². The molecule has 2 rings (SSSR count). The van der Waals surface area contributed by atoms with E-state index in [-0.39, 0.29) is 5.38 Å². The summed E-state index contributed by atoms with van der Waals surface area (Å²) in [6, 6.07) is 8.25. The maximum absolute atomic E-state index is 6.49. The van der Waals surface area contributed by atoms with E-state index in [1.165, 1.54) is 11.1 Å². The van der Waals surface area contributed by atoms with Crippen molar-refractivity contribution >= 4 is 23.2 Å². The van der Waals surface area contributed by atoms with Crippen molar-refractivity contribution in [1.82, 2.24) is 4.98 Å². The van der Waals surface area contributed by atoms with E-state index >= 15 is 0 Å². The zero-order valence-corrected chi connectivity index (χ0v) is 12.0. The minimum absolute atomic E-state index is 0.0644. The number of halogens is 2. The summed E-state index contributed by atoms with van der Waals surface area (Å²) < 4.78 is 0. The van der Waals surface area contributed by atoms with Crippen LogP contribution in [0.15, 0.2) is 36.7 Å². The van der Waals surface area contributed by atoms with Gasteiger partial charge in [-0.2, -0.15) is 0 Å². The molecule has 0 aliphatic rings. The van der Waals surface area contributed by atoms with Crippen molar-refractivity contribution in [2.45, 2.75) is 25.6 Å². The molecule has 0 N–H and O–H groups in total. The van der Waals surface area contributed by atoms with Crippen LogP contribution in [0.25, 0.3) is 0 Å². The van der Waals surface area contributed by atoms with Crippen LogP contribution in [-0.4, -0.2) is 4.98 Å². The van der Waals surface area contributed by atoms with Gasteiger partial charge >= 0.3 is 0 Å². The lowest BCUT2D eigenvalue weighted by Crippen LogP contribution is -1.99. The molecule has 18 heavy (non-hydrogen) atoms. The summed E-state index contributed by atoms with van der Waals surface area (Å²) in [5.74, 6) is 0. The lowest BCUT2D eigenvalue weighted by molar-refractivity contribution is 0.906. The topological polar surface area (TPSA) is 12.9 Å². The quantitative estimate of drug-likeness (QED) is 0.730. The predicted molar refractivity (Wildman–Crippen MR) is 77.5 cm³/mol. The van der Waals surface area contributed by atoms with E-state index < -0.39 is 0 Å². The molecule has 0 amide bonds. The van der Waals surface area contributed by atoms with Crippen molar-refractivity contribution in [1.29, 1.82) is 0 Å². The van der Waals surface area contributed by atoms with Crippen LogP contribution in [0.3, 0.4) is 0 Å². The van der Waals surface area contributed by atoms with Gasteiger partial charge in [0.25, 0.3) is 0 Å². The average molecular weight is 280 g/mol. The monoisotopic (exact) mass is 279 g/mol. The third-order valence-electron chi connectivity index (χ3n) is 3.02. The van der Waals surface area contributed by atoms with E-state index in [2.05, 4.69) is 37.0 Å². The van der Waals surface area contributed by atoms with Crippen LogP contribution >= 0.6 is 23.2 Å². The number of nitrogens with zero attached hydrogens (tertiary/aromatic N) is 1. The molecule has 0 saturated heterocycles. The number of pyridine rings is 1. The lowest BCUT2D eigenvalue weighted by atomic mass is 9.99. The van der Waals surface area contributed by atoms with Crippen molar-refractivity contribution in [3.63, 3.8) is 0 Å². The first-order valence-corrected chi connectivity index (χ1v) is 6.69. The van der Waals surface area contributed by atoms with Gasteiger partial charge in [-0.05, 0) is 43.0 Å². The second-order valence-electron chi connectivity index (χ2n) is 4.50. The molecule has 1 aromatic carbocycles. The van der Waals surface area contributed by atoms with Gasteiger partial charge in [0.1, 0.15) is 0 Å². The van der Waals surface area contributed by atoms with Crippen LogP contribution in [0.5, 0.6) is 0 Å². The molecule has 0 saturated carbocycles. The summed E-state index contributed by atoms with van der Waals surface area (Å²) in [4.78, 5) is 3.98. The summed E-state index contributed by atoms with van der Waals surface area (Å²) in [6.07, 6.45) is 4.11. The number of alkyl halides is 1. The van der Waals surface area contributed by atoms with Crippen LogP contribution < -0.4 is 0 Å². The molecule has 0 spiro atoms. The molecule has 0 aliphatic heterocycles. The molecule has 0 fully saturated rings. The van der Waals surface area contributed by atoms with E-state index in [0.29, 0.717) is 11.4 Å². The summed E-state index contributed by atoms with van der Waals surface area (Å²) in [5, 5.41) is 0.610. The Morgan fingerprint density at radius 1 is 1.22 bits per heavy atom. The maximum atomic E-state index is 6.49. The molecular weight excluding hydrogens is 265 g/mol. The second kappa shape index (κ2) is 5.73. The van der Waals surface area contributed by atoms with E-state index in [1.54, 1.807) is 12.4 Å². The average Bonchev–Trinajstić information content (AvgIpc) is 2.32. The molecule has 1 atom stereocenters. The van der Waals surface area contributed by atoms with Crippen LogP contribution in [0.4, 0.5) is 0 Å². The van der Waals surface area contributed by atoms with Crippen LogP contribution in [0.2, 0.25) is 5.02 Å². The van der Waals surface area contributed by atoms with Crippen molar-refractivity contribution in [3.05, 3.63) is 63.9 Å². The Bertz CT molecular complexity index is 552. The van der Waals surface area contributed by atoms with Crippen molar-refractivity contribution in [2.24, 2.45) is 0 Å². The Balaban J connectivity index is 2.22. The number of benzene rings is 1. The fourth-order valence-corrected chi connectivity index (χ4v) is 2.66. The first kappa shape index (κ1) is 13.4. The molecule has 0 aliphatic carbocycles. The number of aromatic nitrogens is 1. The summed E-state index contributed by atoms with van der Waals surface area (Å²) in [6.45, 7) is 4.17. The minimum Gasteiger partial charge on any atom is -0.263 e. The fourth-order valence-electron chi connectivity index (χ4n) is 2.05. The second-order valence-corrected chi connectivity index (χ2v) is 5.43. The van der Waals surface area contributed by atoms with E-state index in [0.717, 1.165) is 11.1 Å². The van der Waals surface area contributed by atoms with Crippen molar-refractivity contribution < 1.29 is 0 Å². The number of rotatable bonds is 3. The van der Waals surface area contributed by atoms with Gasteiger partial charge in [0, 0.05) is 12.4 Å². The van der Waals surface area contributed by atoms with Gasteiger partial charge in [0.15, 0.2) is 0 Å². The predicted octanol–water partition coefficient (Wildman–Crippen LogP) is 4.87. The molecular formula is C15H15Cl2N. The van der Waals surface area contributed by atoms with Gasteiger partial charge in [-0.1, -0.05) is 35.4 Å². The molecule has 0 bridgehead atoms. The first-order chi connectivity index (χ1) is 8.58. The largest absolute Gasteiger partial charge is 0.263 e. The number of hydrogen-bond donors (Lipinski definition) is 0. The Morgan fingerprint density at radius 2 is 2.00 bits per heavy atom. The Morgan fingerprint density at radius 3 is 2.67 bits per heavy atom. The van der Waals surface area contributed by atoms with Crippen molar-refractivity contribution in [3.8, 4) is 0 Å². The third kappa shape index (κ3) is 3.04. The molecule has 3 heteroatoms. The fraction of sp³-hybridized carbons (Fsp3) is 0.267. The summed E-state index contributed by atoms with van der Waals surface area (Å²) in [5.41, 5.74) is 4.67. The van der Waals surface area contributed by atoms with Crippen LogP contribution in [-0.2, 0) is 6.42 Å². The van der Waals surface area contributed by atoms with Gasteiger partial charge in [0.2, 0.25) is 0 Å². The molecule has 1 aromatic heterocycles. The van der Waals surface area contributed by atoms with Gasteiger partial charge in [0.05, 0.1) is 10.4 Å². The van der Waals surface area contributed by atoms with Crippen LogP contribution in [0.1, 0.15) is 27.6 Å². The Kier molecular flexibility index (Phi) is 4.26. The SMILES string of the molecule is Cc1ccc(C(Cl)Cc2ccncc2Cl)c(C)c1. The zero-order chi connectivity index (χ0) is 13.1. The van der Waals surface area contributed by atoms with E-state index in [9.17, 15) is 0 Å². The molecule has 0 radical (unpaired) electrons. The van der Waals surface area contributed by atoms with Crippen molar-refractivity contribution in [2.75, 3.05) is 0 Å². The highest BCUT2D eigenvalue weighted by Gasteiger charge is 2.13. The molecule has 1 heterocycles. The molecule has 94 valence electrons. The zero-order valence-electron chi connectivity index (χ0n) is 10.5. The Hall–Kier alpha value is -1.05. The van der Waals surface area contributed by atoms with Gasteiger partial charge in [-0.3, -0.25) is 4.98 Å². The van der Waals surface area contributed by atoms with E-state index in [4.69, 9.17) is 23.2 Å². The maximum Gasteiger partial charge on any atom is 0.0628 e. The summed E-state index contributed by atoms with van der Waals surface area (Å²) in [7, 11) is 0. The minimum atomic E-state index is -0.0644. The number of hydrogen-bond acceptors (Lipinski definition) is 1. The molecule has 2 aromatic rings.